The van der Waals surface area contributed by atoms with Gasteiger partial charge in [-0.2, -0.15) is 0 Å². The molecule has 2 aromatic rings. The molecule has 0 amide bonds. The van der Waals surface area contributed by atoms with Crippen LogP contribution in [0.25, 0.3) is 0 Å². The highest BCUT2D eigenvalue weighted by atomic mass is 32.2. The van der Waals surface area contributed by atoms with E-state index in [-0.39, 0.29) is 17.2 Å². The van der Waals surface area contributed by atoms with Crippen molar-refractivity contribution in [1.82, 2.24) is 10.6 Å². The van der Waals surface area contributed by atoms with Gasteiger partial charge in [-0.1, -0.05) is 18.2 Å². The van der Waals surface area contributed by atoms with E-state index in [1.165, 1.54) is 24.3 Å². The first-order valence-electron chi connectivity index (χ1n) is 8.71. The molecule has 2 aromatic carbocycles. The molecule has 1 unspecified atom stereocenters. The molecule has 0 aliphatic heterocycles. The lowest BCUT2D eigenvalue weighted by Gasteiger charge is -2.18. The highest BCUT2D eigenvalue weighted by Crippen LogP contribution is 2.16. The second kappa shape index (κ2) is 9.59. The standard InChI is InChI=1S/C19H22F3N3O2S/c1-3-23-19(25-13(2)14-8-9-15(20)17(22)12-14)24-10-11-28(26,27)18-7-5-4-6-16(18)21/h4-9,12-13H,3,10-11H2,1-2H3,(H2,23,24,25). The Morgan fingerprint density at radius 3 is 2.43 bits per heavy atom. The van der Waals surface area contributed by atoms with Crippen molar-refractivity contribution in [2.45, 2.75) is 24.8 Å². The number of sulfone groups is 1. The fraction of sp³-hybridized carbons (Fsp3) is 0.316. The number of aliphatic imine (C=N–C) groups is 1. The summed E-state index contributed by atoms with van der Waals surface area (Å²) < 4.78 is 64.8. The van der Waals surface area contributed by atoms with E-state index in [1.54, 1.807) is 6.92 Å². The molecule has 0 saturated carbocycles. The number of hydrogen-bond donors (Lipinski definition) is 2. The van der Waals surface area contributed by atoms with Crippen LogP contribution < -0.4 is 10.6 Å². The van der Waals surface area contributed by atoms with Gasteiger partial charge < -0.3 is 10.6 Å². The van der Waals surface area contributed by atoms with Gasteiger partial charge in [0, 0.05) is 6.54 Å². The third-order valence-electron chi connectivity index (χ3n) is 3.94. The fourth-order valence-electron chi connectivity index (χ4n) is 2.47. The van der Waals surface area contributed by atoms with Crippen molar-refractivity contribution in [2.75, 3.05) is 18.8 Å². The molecule has 1 atom stereocenters. The Bertz CT molecular complexity index is 949. The van der Waals surface area contributed by atoms with Crippen molar-refractivity contribution in [3.63, 3.8) is 0 Å². The molecule has 0 saturated heterocycles. The second-order valence-electron chi connectivity index (χ2n) is 6.05. The monoisotopic (exact) mass is 413 g/mol. The number of nitrogens with one attached hydrogen (secondary N) is 2. The van der Waals surface area contributed by atoms with E-state index in [0.29, 0.717) is 18.1 Å². The molecule has 9 heteroatoms. The minimum atomic E-state index is -3.82. The van der Waals surface area contributed by atoms with Crippen LogP contribution in [0.3, 0.4) is 0 Å². The Labute approximate surface area is 162 Å². The summed E-state index contributed by atoms with van der Waals surface area (Å²) in [5.41, 5.74) is 0.503. The van der Waals surface area contributed by atoms with E-state index in [4.69, 9.17) is 0 Å². The number of nitrogens with zero attached hydrogens (tertiary/aromatic N) is 1. The van der Waals surface area contributed by atoms with Crippen LogP contribution in [0.1, 0.15) is 25.5 Å². The predicted octanol–water partition coefficient (Wildman–Crippen LogP) is 3.19. The Morgan fingerprint density at radius 2 is 1.79 bits per heavy atom. The summed E-state index contributed by atoms with van der Waals surface area (Å²) in [5.74, 6) is -2.75. The summed E-state index contributed by atoms with van der Waals surface area (Å²) >= 11 is 0. The molecule has 0 bridgehead atoms. The molecule has 5 nitrogen and oxygen atoms in total. The van der Waals surface area contributed by atoms with Crippen molar-refractivity contribution < 1.29 is 21.6 Å². The molecule has 0 aliphatic carbocycles. The molecule has 2 rings (SSSR count). The van der Waals surface area contributed by atoms with Crippen LogP contribution in [0.5, 0.6) is 0 Å². The van der Waals surface area contributed by atoms with Crippen molar-refractivity contribution in [2.24, 2.45) is 4.99 Å². The molecule has 0 radical (unpaired) electrons. The van der Waals surface area contributed by atoms with Gasteiger partial charge in [-0.05, 0) is 43.7 Å². The van der Waals surface area contributed by atoms with E-state index in [1.807, 2.05) is 6.92 Å². The first-order valence-corrected chi connectivity index (χ1v) is 10.4. The lowest BCUT2D eigenvalue weighted by molar-refractivity contribution is 0.504. The van der Waals surface area contributed by atoms with Crippen LogP contribution in [0.4, 0.5) is 13.2 Å². The minimum Gasteiger partial charge on any atom is -0.357 e. The van der Waals surface area contributed by atoms with Crippen molar-refractivity contribution in [3.05, 3.63) is 65.5 Å². The zero-order chi connectivity index (χ0) is 20.7. The molecule has 0 aliphatic rings. The Balaban J connectivity index is 2.07. The fourth-order valence-corrected chi connectivity index (χ4v) is 3.68. The summed E-state index contributed by atoms with van der Waals surface area (Å²) in [6.45, 7) is 3.97. The third-order valence-corrected chi connectivity index (χ3v) is 5.66. The average Bonchev–Trinajstić information content (AvgIpc) is 2.64. The van der Waals surface area contributed by atoms with Crippen molar-refractivity contribution >= 4 is 15.8 Å². The number of guanidine groups is 1. The van der Waals surface area contributed by atoms with E-state index >= 15 is 0 Å². The Kier molecular flexibility index (Phi) is 7.45. The quantitative estimate of drug-likeness (QED) is 0.540. The maximum absolute atomic E-state index is 13.7. The molecular formula is C19H22F3N3O2S. The van der Waals surface area contributed by atoms with Gasteiger partial charge in [0.2, 0.25) is 0 Å². The van der Waals surface area contributed by atoms with E-state index < -0.39 is 33.3 Å². The third kappa shape index (κ3) is 5.72. The van der Waals surface area contributed by atoms with Crippen LogP contribution in [-0.4, -0.2) is 33.2 Å². The maximum Gasteiger partial charge on any atom is 0.191 e. The number of rotatable bonds is 7. The molecule has 2 N–H and O–H groups in total. The lowest BCUT2D eigenvalue weighted by atomic mass is 10.1. The zero-order valence-corrected chi connectivity index (χ0v) is 16.4. The topological polar surface area (TPSA) is 70.6 Å². The van der Waals surface area contributed by atoms with Gasteiger partial charge in [0.25, 0.3) is 0 Å². The highest BCUT2D eigenvalue weighted by molar-refractivity contribution is 7.91. The molecule has 0 heterocycles. The Hall–Kier alpha value is -2.55. The van der Waals surface area contributed by atoms with Gasteiger partial charge in [0.05, 0.1) is 18.3 Å². The van der Waals surface area contributed by atoms with Gasteiger partial charge in [0.1, 0.15) is 10.7 Å². The highest BCUT2D eigenvalue weighted by Gasteiger charge is 2.18. The second-order valence-corrected chi connectivity index (χ2v) is 8.13. The summed E-state index contributed by atoms with van der Waals surface area (Å²) in [4.78, 5) is 3.82. The van der Waals surface area contributed by atoms with Crippen LogP contribution >= 0.6 is 0 Å². The van der Waals surface area contributed by atoms with Gasteiger partial charge >= 0.3 is 0 Å². The molecule has 0 spiro atoms. The van der Waals surface area contributed by atoms with Crippen molar-refractivity contribution in [1.29, 1.82) is 0 Å². The minimum absolute atomic E-state index is 0.101. The van der Waals surface area contributed by atoms with E-state index in [9.17, 15) is 21.6 Å². The summed E-state index contributed by atoms with van der Waals surface area (Å²) in [7, 11) is -3.82. The molecule has 0 fully saturated rings. The molecule has 0 aromatic heterocycles. The van der Waals surface area contributed by atoms with Crippen LogP contribution in [-0.2, 0) is 9.84 Å². The largest absolute Gasteiger partial charge is 0.357 e. The van der Waals surface area contributed by atoms with Gasteiger partial charge in [-0.3, -0.25) is 4.99 Å². The van der Waals surface area contributed by atoms with Crippen LogP contribution in [0.2, 0.25) is 0 Å². The molecule has 152 valence electrons. The van der Waals surface area contributed by atoms with Gasteiger partial charge in [-0.25, -0.2) is 21.6 Å². The first kappa shape index (κ1) is 21.7. The maximum atomic E-state index is 13.7. The average molecular weight is 413 g/mol. The van der Waals surface area contributed by atoms with E-state index in [2.05, 4.69) is 15.6 Å². The number of halogens is 3. The van der Waals surface area contributed by atoms with Gasteiger partial charge in [-0.15, -0.1) is 0 Å². The molecule has 28 heavy (non-hydrogen) atoms. The summed E-state index contributed by atoms with van der Waals surface area (Å²) in [6, 6.07) is 8.33. The molecular weight excluding hydrogens is 391 g/mol. The smallest absolute Gasteiger partial charge is 0.191 e. The Morgan fingerprint density at radius 1 is 1.07 bits per heavy atom. The normalized spacial score (nSPS) is 13.2. The summed E-state index contributed by atoms with van der Waals surface area (Å²) in [6.07, 6.45) is 0. The predicted molar refractivity (Wildman–Crippen MR) is 102 cm³/mol. The van der Waals surface area contributed by atoms with Crippen molar-refractivity contribution in [3.8, 4) is 0 Å². The van der Waals surface area contributed by atoms with Crippen LogP contribution in [0.15, 0.2) is 52.4 Å². The lowest BCUT2D eigenvalue weighted by Crippen LogP contribution is -2.39. The zero-order valence-electron chi connectivity index (χ0n) is 15.5. The van der Waals surface area contributed by atoms with E-state index in [0.717, 1.165) is 18.2 Å². The first-order chi connectivity index (χ1) is 13.2. The van der Waals surface area contributed by atoms with Gasteiger partial charge in [0.15, 0.2) is 27.4 Å². The number of hydrogen-bond acceptors (Lipinski definition) is 3. The summed E-state index contributed by atoms with van der Waals surface area (Å²) in [5, 5.41) is 5.95. The van der Waals surface area contributed by atoms with Crippen LogP contribution in [0, 0.1) is 17.5 Å². The number of benzene rings is 2. The SMILES string of the molecule is CCNC(=NCCS(=O)(=O)c1ccccc1F)NC(C)c1ccc(F)c(F)c1.